The number of benzene rings is 2. The molecule has 140 valence electrons. The number of anilines is 1. The second-order valence-corrected chi connectivity index (χ2v) is 8.49. The van der Waals surface area contributed by atoms with Gasteiger partial charge in [-0.1, -0.05) is 23.2 Å². The summed E-state index contributed by atoms with van der Waals surface area (Å²) >= 11 is 15.0. The number of carbonyl (C=O) groups excluding carboxylic acids is 1. The van der Waals surface area contributed by atoms with E-state index in [-0.39, 0.29) is 11.7 Å². The van der Waals surface area contributed by atoms with E-state index in [1.54, 1.807) is 42.1 Å². The molecule has 0 saturated heterocycles. The summed E-state index contributed by atoms with van der Waals surface area (Å²) in [5.74, 6) is 0.446. The third-order valence-electron chi connectivity index (χ3n) is 3.59. The average Bonchev–Trinajstić information content (AvgIpc) is 3.08. The van der Waals surface area contributed by atoms with Gasteiger partial charge in [-0.05, 0) is 54.6 Å². The number of thioether (sulfide) groups is 1. The van der Waals surface area contributed by atoms with Gasteiger partial charge in [0.05, 0.1) is 10.7 Å². The van der Waals surface area contributed by atoms with Gasteiger partial charge in [0.1, 0.15) is 5.82 Å². The average molecular weight is 441 g/mol. The first-order valence-electron chi connectivity index (χ1n) is 8.10. The van der Waals surface area contributed by atoms with Crippen molar-refractivity contribution >= 4 is 57.3 Å². The molecule has 0 fully saturated rings. The zero-order chi connectivity index (χ0) is 19.2. The molecule has 1 aromatic heterocycles. The second-order valence-electron chi connectivity index (χ2n) is 5.62. The van der Waals surface area contributed by atoms with E-state index in [0.29, 0.717) is 27.3 Å². The van der Waals surface area contributed by atoms with Crippen LogP contribution in [0.15, 0.2) is 52.7 Å². The van der Waals surface area contributed by atoms with Crippen LogP contribution in [0.5, 0.6) is 0 Å². The molecular formula is C19H15Cl2FN2OS2. The number of nitrogens with zero attached hydrogens (tertiary/aromatic N) is 1. The van der Waals surface area contributed by atoms with E-state index in [2.05, 4.69) is 10.3 Å². The molecule has 1 N–H and O–H groups in total. The quantitative estimate of drug-likeness (QED) is 0.325. The number of hydrogen-bond acceptors (Lipinski definition) is 4. The van der Waals surface area contributed by atoms with Crippen molar-refractivity contribution in [2.45, 2.75) is 17.7 Å². The summed E-state index contributed by atoms with van der Waals surface area (Å²) in [5.41, 5.74) is 1.47. The molecule has 0 aliphatic heterocycles. The number of amides is 1. The fraction of sp³-hybridized carbons (Fsp3) is 0.158. The standard InChI is InChI=1S/C19H15Cl2FN2OS2/c20-12-3-8-15(16(21)10-12)17-11-27-19(23-17)24-18(25)2-1-9-26-14-6-4-13(22)5-7-14/h3-8,10-11H,1-2,9H2,(H,23,24,25). The van der Waals surface area contributed by atoms with Gasteiger partial charge in [0.25, 0.3) is 0 Å². The molecule has 0 spiro atoms. The summed E-state index contributed by atoms with van der Waals surface area (Å²) in [7, 11) is 0. The fourth-order valence-electron chi connectivity index (χ4n) is 2.29. The second kappa shape index (κ2) is 9.55. The maximum absolute atomic E-state index is 12.9. The highest BCUT2D eigenvalue weighted by Gasteiger charge is 2.11. The zero-order valence-electron chi connectivity index (χ0n) is 14.0. The van der Waals surface area contributed by atoms with Crippen LogP contribution in [0, 0.1) is 5.82 Å². The minimum absolute atomic E-state index is 0.0854. The molecule has 0 unspecified atom stereocenters. The molecule has 3 rings (SSSR count). The first kappa shape index (κ1) is 20.1. The lowest BCUT2D eigenvalue weighted by molar-refractivity contribution is -0.116. The number of aromatic nitrogens is 1. The summed E-state index contributed by atoms with van der Waals surface area (Å²) in [5, 5.41) is 6.26. The normalized spacial score (nSPS) is 10.8. The van der Waals surface area contributed by atoms with Gasteiger partial charge < -0.3 is 5.32 Å². The summed E-state index contributed by atoms with van der Waals surface area (Å²) in [4.78, 5) is 17.5. The molecule has 2 aromatic carbocycles. The predicted molar refractivity (Wildman–Crippen MR) is 113 cm³/mol. The van der Waals surface area contributed by atoms with Crippen molar-refractivity contribution in [1.82, 2.24) is 4.98 Å². The van der Waals surface area contributed by atoms with Gasteiger partial charge in [0, 0.05) is 27.3 Å². The molecule has 0 saturated carbocycles. The first-order valence-corrected chi connectivity index (χ1v) is 10.7. The van der Waals surface area contributed by atoms with Crippen LogP contribution in [0.4, 0.5) is 9.52 Å². The van der Waals surface area contributed by atoms with E-state index in [4.69, 9.17) is 23.2 Å². The van der Waals surface area contributed by atoms with Crippen molar-refractivity contribution in [2.75, 3.05) is 11.1 Å². The summed E-state index contributed by atoms with van der Waals surface area (Å²) in [6.07, 6.45) is 1.11. The maximum Gasteiger partial charge on any atom is 0.226 e. The Hall–Kier alpha value is -1.60. The zero-order valence-corrected chi connectivity index (χ0v) is 17.2. The number of carbonyl (C=O) groups is 1. The molecule has 3 nitrogen and oxygen atoms in total. The number of hydrogen-bond donors (Lipinski definition) is 1. The Balaban J connectivity index is 1.47. The third-order valence-corrected chi connectivity index (χ3v) is 5.99. The number of halogens is 3. The highest BCUT2D eigenvalue weighted by molar-refractivity contribution is 7.99. The van der Waals surface area contributed by atoms with Crippen molar-refractivity contribution in [3.8, 4) is 11.3 Å². The van der Waals surface area contributed by atoms with Gasteiger partial charge in [0.15, 0.2) is 5.13 Å². The Bertz CT molecular complexity index is 932. The van der Waals surface area contributed by atoms with Crippen LogP contribution in [-0.2, 0) is 4.79 Å². The number of rotatable bonds is 7. The molecule has 1 amide bonds. The monoisotopic (exact) mass is 440 g/mol. The van der Waals surface area contributed by atoms with Crippen molar-refractivity contribution < 1.29 is 9.18 Å². The SMILES string of the molecule is O=C(CCCSc1ccc(F)cc1)Nc1nc(-c2ccc(Cl)cc2Cl)cs1. The largest absolute Gasteiger partial charge is 0.302 e. The van der Waals surface area contributed by atoms with E-state index in [1.807, 2.05) is 5.38 Å². The predicted octanol–water partition coefficient (Wildman–Crippen LogP) is 6.77. The van der Waals surface area contributed by atoms with Gasteiger partial charge in [-0.3, -0.25) is 4.79 Å². The molecule has 1 heterocycles. The van der Waals surface area contributed by atoms with Crippen LogP contribution >= 0.6 is 46.3 Å². The molecule has 0 aliphatic carbocycles. The molecule has 8 heteroatoms. The Kier molecular flexibility index (Phi) is 7.13. The molecule has 3 aromatic rings. The molecule has 0 aliphatic rings. The van der Waals surface area contributed by atoms with Gasteiger partial charge >= 0.3 is 0 Å². The summed E-state index contributed by atoms with van der Waals surface area (Å²) in [6, 6.07) is 11.5. The lowest BCUT2D eigenvalue weighted by atomic mass is 10.2. The lowest BCUT2D eigenvalue weighted by Crippen LogP contribution is -2.11. The minimum atomic E-state index is -0.249. The maximum atomic E-state index is 12.9. The molecule has 27 heavy (non-hydrogen) atoms. The number of nitrogens with one attached hydrogen (secondary N) is 1. The van der Waals surface area contributed by atoms with Crippen LogP contribution in [0.3, 0.4) is 0 Å². The Morgan fingerprint density at radius 1 is 1.19 bits per heavy atom. The van der Waals surface area contributed by atoms with E-state index in [0.717, 1.165) is 22.6 Å². The Labute approximate surface area is 174 Å². The Morgan fingerprint density at radius 3 is 2.70 bits per heavy atom. The van der Waals surface area contributed by atoms with E-state index >= 15 is 0 Å². The molecular weight excluding hydrogens is 426 g/mol. The van der Waals surface area contributed by atoms with E-state index in [9.17, 15) is 9.18 Å². The van der Waals surface area contributed by atoms with Crippen molar-refractivity contribution in [3.63, 3.8) is 0 Å². The van der Waals surface area contributed by atoms with Gasteiger partial charge in [-0.15, -0.1) is 23.1 Å². The van der Waals surface area contributed by atoms with Crippen LogP contribution in [0.1, 0.15) is 12.8 Å². The van der Waals surface area contributed by atoms with E-state index < -0.39 is 0 Å². The van der Waals surface area contributed by atoms with Crippen LogP contribution in [0.2, 0.25) is 10.0 Å². The smallest absolute Gasteiger partial charge is 0.226 e. The first-order chi connectivity index (χ1) is 13.0. The summed E-state index contributed by atoms with van der Waals surface area (Å²) in [6.45, 7) is 0. The summed E-state index contributed by atoms with van der Waals surface area (Å²) < 4.78 is 12.9. The molecule has 0 bridgehead atoms. The topological polar surface area (TPSA) is 42.0 Å². The minimum Gasteiger partial charge on any atom is -0.302 e. The number of thiazole rings is 1. The van der Waals surface area contributed by atoms with Crippen LogP contribution in [-0.4, -0.2) is 16.6 Å². The van der Waals surface area contributed by atoms with Gasteiger partial charge in [-0.2, -0.15) is 0 Å². The van der Waals surface area contributed by atoms with Gasteiger partial charge in [0.2, 0.25) is 5.91 Å². The van der Waals surface area contributed by atoms with Crippen molar-refractivity contribution in [2.24, 2.45) is 0 Å². The van der Waals surface area contributed by atoms with Crippen molar-refractivity contribution in [3.05, 3.63) is 63.7 Å². The molecule has 0 radical (unpaired) electrons. The lowest BCUT2D eigenvalue weighted by Gasteiger charge is -2.03. The van der Waals surface area contributed by atoms with E-state index in [1.165, 1.54) is 23.5 Å². The van der Waals surface area contributed by atoms with Gasteiger partial charge in [-0.25, -0.2) is 9.37 Å². The van der Waals surface area contributed by atoms with Crippen LogP contribution < -0.4 is 5.32 Å². The molecule has 0 atom stereocenters. The van der Waals surface area contributed by atoms with Crippen LogP contribution in [0.25, 0.3) is 11.3 Å². The fourth-order valence-corrected chi connectivity index (χ4v) is 4.37. The van der Waals surface area contributed by atoms with Crippen molar-refractivity contribution in [1.29, 1.82) is 0 Å². The third kappa shape index (κ3) is 5.94. The highest BCUT2D eigenvalue weighted by atomic mass is 35.5. The Morgan fingerprint density at radius 2 is 1.96 bits per heavy atom. The highest BCUT2D eigenvalue weighted by Crippen LogP contribution is 2.32.